The Hall–Kier alpha value is -2.70. The molecule has 2 aromatic rings. The smallest absolute Gasteiger partial charge is 0.290 e. The molecule has 192 valence electrons. The Morgan fingerprint density at radius 2 is 1.06 bits per heavy atom. The summed E-state index contributed by atoms with van der Waals surface area (Å²) in [6, 6.07) is 14.4. The molecule has 0 amide bonds. The van der Waals surface area contributed by atoms with Gasteiger partial charge in [0, 0.05) is 6.42 Å². The molecule has 0 unspecified atom stereocenters. The van der Waals surface area contributed by atoms with Crippen molar-refractivity contribution in [2.24, 2.45) is 0 Å². The van der Waals surface area contributed by atoms with Gasteiger partial charge in [-0.05, 0) is 52.6 Å². The van der Waals surface area contributed by atoms with E-state index in [4.69, 9.17) is 19.6 Å². The second kappa shape index (κ2) is 12.8. The normalized spacial score (nSPS) is 12.0. The van der Waals surface area contributed by atoms with Crippen molar-refractivity contribution < 1.29 is 29.1 Å². The molecule has 2 rings (SSSR count). The zero-order chi connectivity index (χ0) is 26.1. The first kappa shape index (κ1) is 28.5. The van der Waals surface area contributed by atoms with Crippen LogP contribution in [-0.2, 0) is 30.4 Å². The maximum atomic E-state index is 12.4. The van der Waals surface area contributed by atoms with Crippen LogP contribution >= 0.6 is 0 Å². The Kier molecular flexibility index (Phi) is 10.5. The van der Waals surface area contributed by atoms with E-state index in [1.165, 1.54) is 0 Å². The molecule has 0 aliphatic rings. The Bertz CT molecular complexity index is 860. The summed E-state index contributed by atoms with van der Waals surface area (Å²) in [5, 5.41) is 0. The molecule has 0 saturated heterocycles. The first-order chi connectivity index (χ1) is 16.4. The SMILES string of the molecule is CCCCCCC(OOC(=O)c1ccc(C(C)(C)C)cc1)OOC(=O)c1ccc(C(C)(C)C)cc1. The maximum Gasteiger partial charge on any atom is 0.373 e. The Morgan fingerprint density at radius 3 is 1.40 bits per heavy atom. The van der Waals surface area contributed by atoms with Gasteiger partial charge >= 0.3 is 11.9 Å². The first-order valence-corrected chi connectivity index (χ1v) is 12.4. The average molecular weight is 485 g/mol. The molecule has 0 bridgehead atoms. The molecule has 6 heteroatoms. The summed E-state index contributed by atoms with van der Waals surface area (Å²) in [6.07, 6.45) is 3.26. The van der Waals surface area contributed by atoms with E-state index >= 15 is 0 Å². The quantitative estimate of drug-likeness (QED) is 0.143. The third-order valence-corrected chi connectivity index (χ3v) is 5.73. The summed E-state index contributed by atoms with van der Waals surface area (Å²) in [4.78, 5) is 45.4. The number of carbonyl (C=O) groups is 2. The van der Waals surface area contributed by atoms with Crippen molar-refractivity contribution in [3.63, 3.8) is 0 Å². The highest BCUT2D eigenvalue weighted by Gasteiger charge is 2.21. The van der Waals surface area contributed by atoms with Crippen LogP contribution in [-0.4, -0.2) is 18.2 Å². The van der Waals surface area contributed by atoms with Crippen LogP contribution in [0.15, 0.2) is 48.5 Å². The summed E-state index contributed by atoms with van der Waals surface area (Å²) >= 11 is 0. The second-order valence-electron chi connectivity index (χ2n) is 10.9. The Labute approximate surface area is 209 Å². The van der Waals surface area contributed by atoms with Crippen LogP contribution in [0.4, 0.5) is 0 Å². The van der Waals surface area contributed by atoms with E-state index in [9.17, 15) is 9.59 Å². The summed E-state index contributed by atoms with van der Waals surface area (Å²) in [5.41, 5.74) is 2.89. The lowest BCUT2D eigenvalue weighted by Crippen LogP contribution is -2.22. The molecular weight excluding hydrogens is 444 g/mol. The fraction of sp³-hybridized carbons (Fsp3) is 0.517. The zero-order valence-corrected chi connectivity index (χ0v) is 22.2. The Balaban J connectivity index is 1.95. The minimum atomic E-state index is -1.03. The van der Waals surface area contributed by atoms with E-state index in [0.717, 1.165) is 36.8 Å². The van der Waals surface area contributed by atoms with Crippen molar-refractivity contribution in [1.82, 2.24) is 0 Å². The Morgan fingerprint density at radius 1 is 0.657 bits per heavy atom. The molecule has 0 heterocycles. The van der Waals surface area contributed by atoms with Crippen molar-refractivity contribution in [3.05, 3.63) is 70.8 Å². The average Bonchev–Trinajstić information content (AvgIpc) is 2.81. The number of hydrogen-bond donors (Lipinski definition) is 0. The number of benzene rings is 2. The first-order valence-electron chi connectivity index (χ1n) is 12.4. The van der Waals surface area contributed by atoms with Crippen LogP contribution in [0.25, 0.3) is 0 Å². The van der Waals surface area contributed by atoms with Crippen molar-refractivity contribution in [3.8, 4) is 0 Å². The van der Waals surface area contributed by atoms with Crippen LogP contribution in [0.5, 0.6) is 0 Å². The molecule has 0 spiro atoms. The van der Waals surface area contributed by atoms with E-state index < -0.39 is 18.2 Å². The number of rotatable bonds is 11. The van der Waals surface area contributed by atoms with Gasteiger partial charge in [-0.15, -0.1) is 9.78 Å². The van der Waals surface area contributed by atoms with Gasteiger partial charge in [-0.3, -0.25) is 9.78 Å². The fourth-order valence-corrected chi connectivity index (χ4v) is 3.35. The van der Waals surface area contributed by atoms with Gasteiger partial charge in [0.25, 0.3) is 0 Å². The van der Waals surface area contributed by atoms with Crippen molar-refractivity contribution in [2.45, 2.75) is 97.7 Å². The maximum absolute atomic E-state index is 12.4. The summed E-state index contributed by atoms with van der Waals surface area (Å²) in [7, 11) is 0. The predicted octanol–water partition coefficient (Wildman–Crippen LogP) is 7.46. The number of unbranched alkanes of at least 4 members (excludes halogenated alkanes) is 3. The third-order valence-electron chi connectivity index (χ3n) is 5.73. The van der Waals surface area contributed by atoms with E-state index in [2.05, 4.69) is 48.5 Å². The van der Waals surface area contributed by atoms with Crippen LogP contribution in [0.3, 0.4) is 0 Å². The molecule has 2 aromatic carbocycles. The van der Waals surface area contributed by atoms with E-state index in [0.29, 0.717) is 17.5 Å². The van der Waals surface area contributed by atoms with Gasteiger partial charge in [0.1, 0.15) is 0 Å². The van der Waals surface area contributed by atoms with Crippen LogP contribution in [0, 0.1) is 0 Å². The van der Waals surface area contributed by atoms with Gasteiger partial charge in [0.2, 0.25) is 6.29 Å². The van der Waals surface area contributed by atoms with Crippen molar-refractivity contribution in [1.29, 1.82) is 0 Å². The molecule has 0 aromatic heterocycles. The zero-order valence-electron chi connectivity index (χ0n) is 22.2. The molecule has 0 saturated carbocycles. The van der Waals surface area contributed by atoms with Gasteiger partial charge in [0.05, 0.1) is 11.1 Å². The molecule has 6 nitrogen and oxygen atoms in total. The fourth-order valence-electron chi connectivity index (χ4n) is 3.35. The lowest BCUT2D eigenvalue weighted by Gasteiger charge is -2.19. The van der Waals surface area contributed by atoms with Gasteiger partial charge in [-0.1, -0.05) is 92.0 Å². The molecule has 0 radical (unpaired) electrons. The van der Waals surface area contributed by atoms with Gasteiger partial charge in [-0.25, -0.2) is 9.59 Å². The van der Waals surface area contributed by atoms with Gasteiger partial charge in [0.15, 0.2) is 0 Å². The minimum absolute atomic E-state index is 0.0205. The highest BCUT2D eigenvalue weighted by atomic mass is 17.3. The third kappa shape index (κ3) is 9.46. The van der Waals surface area contributed by atoms with Crippen molar-refractivity contribution in [2.75, 3.05) is 0 Å². The highest BCUT2D eigenvalue weighted by molar-refractivity contribution is 5.89. The largest absolute Gasteiger partial charge is 0.373 e. The minimum Gasteiger partial charge on any atom is -0.290 e. The molecule has 0 atom stereocenters. The number of carbonyl (C=O) groups excluding carboxylic acids is 2. The van der Waals surface area contributed by atoms with E-state index in [1.807, 2.05) is 24.3 Å². The second-order valence-corrected chi connectivity index (χ2v) is 10.9. The van der Waals surface area contributed by atoms with Gasteiger partial charge < -0.3 is 0 Å². The van der Waals surface area contributed by atoms with Crippen LogP contribution < -0.4 is 0 Å². The molecule has 0 fully saturated rings. The molecule has 0 aliphatic heterocycles. The lowest BCUT2D eigenvalue weighted by atomic mass is 9.87. The molecular formula is C29H40O6. The summed E-state index contributed by atoms with van der Waals surface area (Å²) < 4.78 is 0. The topological polar surface area (TPSA) is 71.1 Å². The molecule has 35 heavy (non-hydrogen) atoms. The molecule has 0 aliphatic carbocycles. The summed E-state index contributed by atoms with van der Waals surface area (Å²) in [5.74, 6) is -1.28. The van der Waals surface area contributed by atoms with Crippen LogP contribution in [0.1, 0.15) is 112 Å². The van der Waals surface area contributed by atoms with E-state index in [-0.39, 0.29) is 10.8 Å². The predicted molar refractivity (Wildman–Crippen MR) is 136 cm³/mol. The summed E-state index contributed by atoms with van der Waals surface area (Å²) in [6.45, 7) is 14.7. The highest BCUT2D eigenvalue weighted by Crippen LogP contribution is 2.24. The van der Waals surface area contributed by atoms with Gasteiger partial charge in [-0.2, -0.15) is 0 Å². The van der Waals surface area contributed by atoms with Crippen LogP contribution in [0.2, 0.25) is 0 Å². The monoisotopic (exact) mass is 484 g/mol. The number of hydrogen-bond acceptors (Lipinski definition) is 6. The van der Waals surface area contributed by atoms with Crippen molar-refractivity contribution >= 4 is 11.9 Å². The molecule has 0 N–H and O–H groups in total. The van der Waals surface area contributed by atoms with E-state index in [1.54, 1.807) is 24.3 Å². The standard InChI is InChI=1S/C29H40O6/c1-8-9-10-11-12-25(32-34-26(30)21-13-17-23(18-14-21)28(2,3)4)33-35-27(31)22-15-19-24(20-16-22)29(5,6)7/h13-20,25H,8-12H2,1-7H3. The lowest BCUT2D eigenvalue weighted by molar-refractivity contribution is -0.421.